The van der Waals surface area contributed by atoms with Crippen LogP contribution >= 0.6 is 0 Å². The van der Waals surface area contributed by atoms with Gasteiger partial charge in [-0.25, -0.2) is 8.78 Å². The molecule has 17 heavy (non-hydrogen) atoms. The monoisotopic (exact) mass is 246 g/mol. The maximum absolute atomic E-state index is 12.6. The van der Waals surface area contributed by atoms with Gasteiger partial charge in [-0.2, -0.15) is 0 Å². The zero-order valence-electron chi connectivity index (χ0n) is 10.3. The van der Waals surface area contributed by atoms with Gasteiger partial charge in [-0.1, -0.05) is 6.92 Å². The normalized spacial score (nSPS) is 28.9. The SMILES string of the molecule is C[C@@H]1CCCN(CCC(=O)N2CC(F)(F)C2)C1. The van der Waals surface area contributed by atoms with Gasteiger partial charge in [0.15, 0.2) is 0 Å². The number of amides is 1. The largest absolute Gasteiger partial charge is 0.330 e. The Balaban J connectivity index is 1.66. The highest BCUT2D eigenvalue weighted by molar-refractivity contribution is 5.77. The van der Waals surface area contributed by atoms with E-state index >= 15 is 0 Å². The van der Waals surface area contributed by atoms with Crippen molar-refractivity contribution in [3.8, 4) is 0 Å². The first-order valence-corrected chi connectivity index (χ1v) is 6.34. The van der Waals surface area contributed by atoms with Crippen molar-refractivity contribution >= 4 is 5.91 Å². The quantitative estimate of drug-likeness (QED) is 0.755. The van der Waals surface area contributed by atoms with E-state index in [0.717, 1.165) is 13.1 Å². The summed E-state index contributed by atoms with van der Waals surface area (Å²) in [6, 6.07) is 0. The second kappa shape index (κ2) is 4.88. The molecule has 0 aromatic rings. The van der Waals surface area contributed by atoms with E-state index in [-0.39, 0.29) is 19.0 Å². The molecule has 0 bridgehead atoms. The average molecular weight is 246 g/mol. The minimum Gasteiger partial charge on any atom is -0.330 e. The van der Waals surface area contributed by atoms with Crippen molar-refractivity contribution in [1.82, 2.24) is 9.80 Å². The molecule has 0 aliphatic carbocycles. The fourth-order valence-electron chi connectivity index (χ4n) is 2.59. The van der Waals surface area contributed by atoms with Crippen LogP contribution in [0.1, 0.15) is 26.2 Å². The third-order valence-corrected chi connectivity index (χ3v) is 3.58. The third kappa shape index (κ3) is 3.37. The predicted octanol–water partition coefficient (Wildman–Crippen LogP) is 1.59. The van der Waals surface area contributed by atoms with Crippen molar-refractivity contribution in [2.24, 2.45) is 5.92 Å². The van der Waals surface area contributed by atoms with Gasteiger partial charge < -0.3 is 9.80 Å². The lowest BCUT2D eigenvalue weighted by molar-refractivity contribution is -0.166. The van der Waals surface area contributed by atoms with E-state index in [9.17, 15) is 13.6 Å². The van der Waals surface area contributed by atoms with Crippen LogP contribution in [0.15, 0.2) is 0 Å². The molecule has 0 aromatic heterocycles. The van der Waals surface area contributed by atoms with Gasteiger partial charge in [-0.15, -0.1) is 0 Å². The number of piperidine rings is 1. The first-order chi connectivity index (χ1) is 7.96. The number of halogens is 2. The molecule has 2 aliphatic rings. The van der Waals surface area contributed by atoms with Crippen LogP contribution in [-0.4, -0.2) is 54.4 Å². The maximum atomic E-state index is 12.6. The molecule has 2 rings (SSSR count). The van der Waals surface area contributed by atoms with Gasteiger partial charge in [-0.05, 0) is 25.3 Å². The van der Waals surface area contributed by atoms with E-state index in [2.05, 4.69) is 11.8 Å². The molecule has 98 valence electrons. The molecule has 0 N–H and O–H groups in total. The number of rotatable bonds is 3. The topological polar surface area (TPSA) is 23.6 Å². The molecule has 0 saturated carbocycles. The van der Waals surface area contributed by atoms with E-state index in [1.165, 1.54) is 17.7 Å². The molecule has 2 saturated heterocycles. The predicted molar refractivity (Wildman–Crippen MR) is 61.0 cm³/mol. The summed E-state index contributed by atoms with van der Waals surface area (Å²) in [4.78, 5) is 15.1. The number of nitrogens with zero attached hydrogens (tertiary/aromatic N) is 2. The summed E-state index contributed by atoms with van der Waals surface area (Å²) in [6.07, 6.45) is 2.81. The van der Waals surface area contributed by atoms with Gasteiger partial charge in [0.05, 0.1) is 13.1 Å². The molecule has 2 fully saturated rings. The second-order valence-corrected chi connectivity index (χ2v) is 5.40. The number of alkyl halides is 2. The van der Waals surface area contributed by atoms with Crippen molar-refractivity contribution in [2.75, 3.05) is 32.7 Å². The van der Waals surface area contributed by atoms with Gasteiger partial charge in [-0.3, -0.25) is 4.79 Å². The molecule has 2 aliphatic heterocycles. The van der Waals surface area contributed by atoms with Gasteiger partial charge in [0.25, 0.3) is 5.92 Å². The maximum Gasteiger partial charge on any atom is 0.282 e. The Morgan fingerprint density at radius 3 is 2.71 bits per heavy atom. The summed E-state index contributed by atoms with van der Waals surface area (Å²) >= 11 is 0. The second-order valence-electron chi connectivity index (χ2n) is 5.40. The first-order valence-electron chi connectivity index (χ1n) is 6.34. The first kappa shape index (κ1) is 12.7. The van der Waals surface area contributed by atoms with Crippen molar-refractivity contribution in [2.45, 2.75) is 32.1 Å². The number of hydrogen-bond acceptors (Lipinski definition) is 2. The smallest absolute Gasteiger partial charge is 0.282 e. The summed E-state index contributed by atoms with van der Waals surface area (Å²) in [5.41, 5.74) is 0. The molecule has 0 aromatic carbocycles. The zero-order chi connectivity index (χ0) is 12.5. The van der Waals surface area contributed by atoms with Crippen LogP contribution in [0.5, 0.6) is 0 Å². The summed E-state index contributed by atoms with van der Waals surface area (Å²) in [6.45, 7) is 4.22. The molecular weight excluding hydrogens is 226 g/mol. The minimum absolute atomic E-state index is 0.130. The van der Waals surface area contributed by atoms with Gasteiger partial charge in [0.2, 0.25) is 5.91 Å². The lowest BCUT2D eigenvalue weighted by Gasteiger charge is -2.39. The summed E-state index contributed by atoms with van der Waals surface area (Å²) in [5, 5.41) is 0. The van der Waals surface area contributed by atoms with Crippen LogP contribution in [0.3, 0.4) is 0 Å². The van der Waals surface area contributed by atoms with Gasteiger partial charge in [0.1, 0.15) is 0 Å². The van der Waals surface area contributed by atoms with Crippen LogP contribution in [0.2, 0.25) is 0 Å². The molecule has 0 radical (unpaired) electrons. The molecular formula is C12H20F2N2O. The minimum atomic E-state index is -2.64. The van der Waals surface area contributed by atoms with Crippen LogP contribution in [-0.2, 0) is 4.79 Å². The van der Waals surface area contributed by atoms with E-state index in [1.54, 1.807) is 0 Å². The Kier molecular flexibility index (Phi) is 3.66. The zero-order valence-corrected chi connectivity index (χ0v) is 10.3. The number of carbonyl (C=O) groups is 1. The fourth-order valence-corrected chi connectivity index (χ4v) is 2.59. The molecule has 3 nitrogen and oxygen atoms in total. The molecule has 2 heterocycles. The highest BCUT2D eigenvalue weighted by Gasteiger charge is 2.45. The Labute approximate surface area is 101 Å². The highest BCUT2D eigenvalue weighted by atomic mass is 19.3. The number of hydrogen-bond donors (Lipinski definition) is 0. The van der Waals surface area contributed by atoms with Crippen molar-refractivity contribution < 1.29 is 13.6 Å². The Morgan fingerprint density at radius 1 is 1.41 bits per heavy atom. The summed E-state index contributed by atoms with van der Waals surface area (Å²) in [7, 11) is 0. The lowest BCUT2D eigenvalue weighted by atomic mass is 10.00. The third-order valence-electron chi connectivity index (χ3n) is 3.58. The van der Waals surface area contributed by atoms with E-state index in [0.29, 0.717) is 18.9 Å². The van der Waals surface area contributed by atoms with Crippen LogP contribution in [0.25, 0.3) is 0 Å². The molecule has 5 heteroatoms. The van der Waals surface area contributed by atoms with Crippen molar-refractivity contribution in [3.05, 3.63) is 0 Å². The lowest BCUT2D eigenvalue weighted by Crippen LogP contribution is -2.58. The van der Waals surface area contributed by atoms with Crippen LogP contribution in [0, 0.1) is 5.92 Å². The van der Waals surface area contributed by atoms with Crippen LogP contribution in [0.4, 0.5) is 8.78 Å². The fraction of sp³-hybridized carbons (Fsp3) is 0.917. The average Bonchev–Trinajstić information content (AvgIpc) is 2.22. The molecule has 1 amide bonds. The summed E-state index contributed by atoms with van der Waals surface area (Å²) in [5.74, 6) is -2.09. The van der Waals surface area contributed by atoms with E-state index in [1.807, 2.05) is 0 Å². The molecule has 1 atom stereocenters. The number of likely N-dealkylation sites (tertiary alicyclic amines) is 2. The van der Waals surface area contributed by atoms with E-state index in [4.69, 9.17) is 0 Å². The highest BCUT2D eigenvalue weighted by Crippen LogP contribution is 2.27. The van der Waals surface area contributed by atoms with Gasteiger partial charge in [0, 0.05) is 19.5 Å². The molecule has 0 unspecified atom stereocenters. The van der Waals surface area contributed by atoms with Crippen LogP contribution < -0.4 is 0 Å². The molecule has 0 spiro atoms. The number of carbonyl (C=O) groups excluding carboxylic acids is 1. The van der Waals surface area contributed by atoms with Gasteiger partial charge >= 0.3 is 0 Å². The van der Waals surface area contributed by atoms with Crippen molar-refractivity contribution in [3.63, 3.8) is 0 Å². The summed E-state index contributed by atoms with van der Waals surface area (Å²) < 4.78 is 25.2. The Hall–Kier alpha value is -0.710. The Morgan fingerprint density at radius 2 is 2.12 bits per heavy atom. The van der Waals surface area contributed by atoms with E-state index < -0.39 is 5.92 Å². The Bertz CT molecular complexity index is 288. The standard InChI is InChI=1S/C12H20F2N2O/c1-10-3-2-5-15(7-10)6-4-11(17)16-8-12(13,14)9-16/h10H,2-9H2,1H3/t10-/m1/s1. The van der Waals surface area contributed by atoms with Crippen molar-refractivity contribution in [1.29, 1.82) is 0 Å².